The van der Waals surface area contributed by atoms with E-state index in [0.29, 0.717) is 12.5 Å². The van der Waals surface area contributed by atoms with Crippen LogP contribution >= 0.6 is 0 Å². The fourth-order valence-electron chi connectivity index (χ4n) is 2.08. The number of hydrogen-bond donors (Lipinski definition) is 2. The Balaban J connectivity index is 2.18. The van der Waals surface area contributed by atoms with Crippen molar-refractivity contribution < 1.29 is 19.5 Å². The smallest absolute Gasteiger partial charge is 0.341 e. The lowest BCUT2D eigenvalue weighted by Crippen LogP contribution is -2.40. The maximum absolute atomic E-state index is 11.5. The zero-order chi connectivity index (χ0) is 12.7. The molecular formula is C11H20N2O4. The van der Waals surface area contributed by atoms with E-state index in [1.807, 2.05) is 0 Å². The number of carboxylic acids is 1. The quantitative estimate of drug-likeness (QED) is 0.713. The van der Waals surface area contributed by atoms with Crippen molar-refractivity contribution in [3.8, 4) is 0 Å². The minimum atomic E-state index is -1.11. The van der Waals surface area contributed by atoms with Crippen LogP contribution in [0.1, 0.15) is 32.1 Å². The molecule has 1 saturated carbocycles. The van der Waals surface area contributed by atoms with Gasteiger partial charge in [-0.15, -0.1) is 0 Å². The third-order valence-electron chi connectivity index (χ3n) is 2.96. The molecule has 98 valence electrons. The minimum Gasteiger partial charge on any atom is -0.479 e. The van der Waals surface area contributed by atoms with E-state index in [1.165, 1.54) is 24.2 Å². The van der Waals surface area contributed by atoms with Gasteiger partial charge >= 0.3 is 12.0 Å². The van der Waals surface area contributed by atoms with Crippen LogP contribution in [0.5, 0.6) is 0 Å². The van der Waals surface area contributed by atoms with Crippen LogP contribution < -0.4 is 5.48 Å². The SMILES string of the molecule is CN(CC1CCCCC1)C(=O)NOCC(=O)O. The molecule has 0 aliphatic heterocycles. The molecule has 2 amide bonds. The molecule has 0 aromatic heterocycles. The van der Waals surface area contributed by atoms with Crippen molar-refractivity contribution in [3.05, 3.63) is 0 Å². The first-order chi connectivity index (χ1) is 8.09. The maximum atomic E-state index is 11.5. The lowest BCUT2D eigenvalue weighted by atomic mass is 9.89. The van der Waals surface area contributed by atoms with E-state index in [0.717, 1.165) is 12.8 Å². The molecule has 0 unspecified atom stereocenters. The third kappa shape index (κ3) is 5.53. The fraction of sp³-hybridized carbons (Fsp3) is 0.818. The average molecular weight is 244 g/mol. The second-order valence-corrected chi connectivity index (χ2v) is 4.47. The number of carboxylic acid groups (broad SMARTS) is 1. The number of carbonyl (C=O) groups is 2. The molecule has 0 spiro atoms. The molecule has 1 aliphatic carbocycles. The summed E-state index contributed by atoms with van der Waals surface area (Å²) in [6.07, 6.45) is 6.07. The highest BCUT2D eigenvalue weighted by molar-refractivity contribution is 5.73. The third-order valence-corrected chi connectivity index (χ3v) is 2.96. The summed E-state index contributed by atoms with van der Waals surface area (Å²) in [4.78, 5) is 27.7. The molecular weight excluding hydrogens is 224 g/mol. The predicted octanol–water partition coefficient (Wildman–Crippen LogP) is 1.22. The molecule has 1 rings (SSSR count). The molecule has 1 aliphatic rings. The Morgan fingerprint density at radius 1 is 1.35 bits per heavy atom. The normalized spacial score (nSPS) is 16.5. The largest absolute Gasteiger partial charge is 0.479 e. The van der Waals surface area contributed by atoms with E-state index in [4.69, 9.17) is 5.11 Å². The van der Waals surface area contributed by atoms with Crippen LogP contribution in [0.15, 0.2) is 0 Å². The fourth-order valence-corrected chi connectivity index (χ4v) is 2.08. The molecule has 2 N–H and O–H groups in total. The van der Waals surface area contributed by atoms with Crippen molar-refractivity contribution in [3.63, 3.8) is 0 Å². The summed E-state index contributed by atoms with van der Waals surface area (Å²) in [6.45, 7) is 0.172. The Labute approximate surface area is 101 Å². The van der Waals surface area contributed by atoms with Crippen molar-refractivity contribution in [2.75, 3.05) is 20.2 Å². The second-order valence-electron chi connectivity index (χ2n) is 4.47. The van der Waals surface area contributed by atoms with Gasteiger partial charge in [0.1, 0.15) is 0 Å². The standard InChI is InChI=1S/C11H20N2O4/c1-13(7-9-5-3-2-4-6-9)11(16)12-17-8-10(14)15/h9H,2-8H2,1H3,(H,12,16)(H,14,15). The first-order valence-electron chi connectivity index (χ1n) is 5.94. The molecule has 0 aromatic rings. The average Bonchev–Trinajstić information content (AvgIpc) is 2.29. The Hall–Kier alpha value is -1.30. The molecule has 0 radical (unpaired) electrons. The topological polar surface area (TPSA) is 78.9 Å². The molecule has 6 heteroatoms. The zero-order valence-corrected chi connectivity index (χ0v) is 10.1. The number of hydrogen-bond acceptors (Lipinski definition) is 3. The van der Waals surface area contributed by atoms with E-state index in [9.17, 15) is 9.59 Å². The second kappa shape index (κ2) is 7.11. The number of hydroxylamine groups is 1. The summed E-state index contributed by atoms with van der Waals surface area (Å²) in [5.74, 6) is -0.556. The van der Waals surface area contributed by atoms with Crippen molar-refractivity contribution >= 4 is 12.0 Å². The van der Waals surface area contributed by atoms with Crippen LogP contribution in [-0.2, 0) is 9.63 Å². The van der Waals surface area contributed by atoms with Gasteiger partial charge in [0.05, 0.1) is 0 Å². The number of nitrogens with one attached hydrogen (secondary N) is 1. The van der Waals surface area contributed by atoms with Gasteiger partial charge in [0.15, 0.2) is 6.61 Å². The van der Waals surface area contributed by atoms with Crippen LogP contribution in [0.4, 0.5) is 4.79 Å². The van der Waals surface area contributed by atoms with E-state index < -0.39 is 18.6 Å². The van der Waals surface area contributed by atoms with Gasteiger partial charge in [0.2, 0.25) is 0 Å². The minimum absolute atomic E-state index is 0.392. The summed E-state index contributed by atoms with van der Waals surface area (Å²) < 4.78 is 0. The molecule has 0 atom stereocenters. The van der Waals surface area contributed by atoms with Crippen LogP contribution in [0.2, 0.25) is 0 Å². The van der Waals surface area contributed by atoms with Gasteiger partial charge in [-0.05, 0) is 18.8 Å². The first kappa shape index (κ1) is 13.8. The Morgan fingerprint density at radius 3 is 2.59 bits per heavy atom. The van der Waals surface area contributed by atoms with Gasteiger partial charge in [-0.2, -0.15) is 0 Å². The number of amides is 2. The van der Waals surface area contributed by atoms with Crippen LogP contribution in [0.3, 0.4) is 0 Å². The van der Waals surface area contributed by atoms with Gasteiger partial charge in [0.25, 0.3) is 0 Å². The summed E-state index contributed by atoms with van der Waals surface area (Å²) in [5.41, 5.74) is 2.11. The van der Waals surface area contributed by atoms with Gasteiger partial charge in [-0.3, -0.25) is 4.84 Å². The van der Waals surface area contributed by atoms with Gasteiger partial charge < -0.3 is 10.0 Å². The Morgan fingerprint density at radius 2 is 2.00 bits per heavy atom. The van der Waals surface area contributed by atoms with E-state index in [1.54, 1.807) is 7.05 Å². The maximum Gasteiger partial charge on any atom is 0.341 e. The summed E-state index contributed by atoms with van der Waals surface area (Å²) >= 11 is 0. The number of nitrogens with zero attached hydrogens (tertiary/aromatic N) is 1. The molecule has 0 aromatic carbocycles. The van der Waals surface area contributed by atoms with Crippen molar-refractivity contribution in [1.82, 2.24) is 10.4 Å². The van der Waals surface area contributed by atoms with Gasteiger partial charge in [-0.25, -0.2) is 15.1 Å². The summed E-state index contributed by atoms with van der Waals surface area (Å²) in [6, 6.07) is -0.392. The first-order valence-corrected chi connectivity index (χ1v) is 5.94. The molecule has 6 nitrogen and oxygen atoms in total. The van der Waals surface area contributed by atoms with E-state index in [-0.39, 0.29) is 0 Å². The highest BCUT2D eigenvalue weighted by atomic mass is 16.7. The number of aliphatic carboxylic acids is 1. The lowest BCUT2D eigenvalue weighted by Gasteiger charge is -2.26. The number of rotatable bonds is 5. The van der Waals surface area contributed by atoms with E-state index >= 15 is 0 Å². The van der Waals surface area contributed by atoms with E-state index in [2.05, 4.69) is 10.3 Å². The Bertz CT molecular complexity index is 264. The summed E-state index contributed by atoms with van der Waals surface area (Å²) in [7, 11) is 1.69. The van der Waals surface area contributed by atoms with Gasteiger partial charge in [0, 0.05) is 13.6 Å². The molecule has 0 heterocycles. The van der Waals surface area contributed by atoms with Crippen molar-refractivity contribution in [1.29, 1.82) is 0 Å². The van der Waals surface area contributed by atoms with Gasteiger partial charge in [-0.1, -0.05) is 19.3 Å². The highest BCUT2D eigenvalue weighted by Crippen LogP contribution is 2.23. The van der Waals surface area contributed by atoms with Crippen LogP contribution in [0, 0.1) is 5.92 Å². The molecule has 1 fully saturated rings. The number of urea groups is 1. The molecule has 17 heavy (non-hydrogen) atoms. The highest BCUT2D eigenvalue weighted by Gasteiger charge is 2.18. The number of carbonyl (C=O) groups excluding carboxylic acids is 1. The monoisotopic (exact) mass is 244 g/mol. The Kier molecular flexibility index (Phi) is 5.76. The summed E-state index contributed by atoms with van der Waals surface area (Å²) in [5, 5.41) is 8.34. The predicted molar refractivity (Wildman–Crippen MR) is 61.3 cm³/mol. The van der Waals surface area contributed by atoms with Crippen LogP contribution in [-0.4, -0.2) is 42.2 Å². The van der Waals surface area contributed by atoms with Crippen LogP contribution in [0.25, 0.3) is 0 Å². The molecule has 0 bridgehead atoms. The lowest BCUT2D eigenvalue weighted by molar-refractivity contribution is -0.144. The van der Waals surface area contributed by atoms with Crippen molar-refractivity contribution in [2.24, 2.45) is 5.92 Å². The van der Waals surface area contributed by atoms with Crippen molar-refractivity contribution in [2.45, 2.75) is 32.1 Å². The molecule has 0 saturated heterocycles. The zero-order valence-electron chi connectivity index (χ0n) is 10.1.